The molecule has 0 spiro atoms. The molecular weight excluding hydrogens is 398 g/mol. The number of nitrogens with zero attached hydrogens (tertiary/aromatic N) is 3. The molecule has 3 rings (SSSR count). The van der Waals surface area contributed by atoms with Crippen molar-refractivity contribution in [3.05, 3.63) is 75.3 Å². The predicted molar refractivity (Wildman–Crippen MR) is 110 cm³/mol. The molecule has 0 saturated carbocycles. The van der Waals surface area contributed by atoms with E-state index in [0.29, 0.717) is 26.3 Å². The molecular formula is C19H16ClN5O2S. The number of aromatic nitrogens is 2. The molecule has 0 saturated heterocycles. The maximum Gasteiger partial charge on any atom is 0.257 e. The zero-order chi connectivity index (χ0) is 19.9. The molecule has 2 aromatic carbocycles. The van der Waals surface area contributed by atoms with Gasteiger partial charge in [-0.25, -0.2) is 5.43 Å². The van der Waals surface area contributed by atoms with Crippen molar-refractivity contribution in [3.8, 4) is 0 Å². The van der Waals surface area contributed by atoms with E-state index in [-0.39, 0.29) is 18.2 Å². The third kappa shape index (κ3) is 5.45. The molecule has 3 aromatic rings. The monoisotopic (exact) mass is 413 g/mol. The minimum Gasteiger partial charge on any atom is -0.296 e. The Morgan fingerprint density at radius 3 is 2.79 bits per heavy atom. The molecule has 2 N–H and O–H groups in total. The van der Waals surface area contributed by atoms with Crippen molar-refractivity contribution >= 4 is 46.1 Å². The Bertz CT molecular complexity index is 1030. The fourth-order valence-corrected chi connectivity index (χ4v) is 3.18. The van der Waals surface area contributed by atoms with Crippen LogP contribution in [-0.2, 0) is 11.2 Å². The minimum atomic E-state index is -0.351. The first-order chi connectivity index (χ1) is 13.5. The van der Waals surface area contributed by atoms with Gasteiger partial charge in [0, 0.05) is 16.1 Å². The van der Waals surface area contributed by atoms with E-state index in [4.69, 9.17) is 11.6 Å². The molecule has 0 radical (unpaired) electrons. The van der Waals surface area contributed by atoms with Crippen LogP contribution in [0.15, 0.2) is 53.6 Å². The van der Waals surface area contributed by atoms with Crippen LogP contribution in [0.3, 0.4) is 0 Å². The number of hydrazone groups is 1. The summed E-state index contributed by atoms with van der Waals surface area (Å²) >= 11 is 7.14. The van der Waals surface area contributed by atoms with Gasteiger partial charge in [0.2, 0.25) is 11.0 Å². The standard InChI is InChI=1S/C19H16ClN5O2S/c1-12-5-4-7-13(9-12)18(27)22-19-25-24-17(28-19)10-16(26)23-21-11-14-6-2-3-8-15(14)20/h2-9,11H,10H2,1H3,(H,23,26)(H,22,25,27). The molecule has 0 bridgehead atoms. The van der Waals surface area contributed by atoms with E-state index in [1.54, 1.807) is 24.3 Å². The Balaban J connectivity index is 1.53. The Hall–Kier alpha value is -3.10. The summed E-state index contributed by atoms with van der Waals surface area (Å²) in [6.45, 7) is 1.91. The first kappa shape index (κ1) is 19.7. The smallest absolute Gasteiger partial charge is 0.257 e. The highest BCUT2D eigenvalue weighted by Gasteiger charge is 2.12. The lowest BCUT2D eigenvalue weighted by atomic mass is 10.1. The lowest BCUT2D eigenvalue weighted by Crippen LogP contribution is -2.19. The SMILES string of the molecule is Cc1cccc(C(=O)Nc2nnc(CC(=O)NN=Cc3ccccc3Cl)s2)c1. The van der Waals surface area contributed by atoms with E-state index in [0.717, 1.165) is 16.9 Å². The molecule has 7 nitrogen and oxygen atoms in total. The fourth-order valence-electron chi connectivity index (χ4n) is 2.26. The van der Waals surface area contributed by atoms with Gasteiger partial charge in [0.15, 0.2) is 0 Å². The molecule has 0 atom stereocenters. The molecule has 0 aliphatic heterocycles. The van der Waals surface area contributed by atoms with Crippen molar-refractivity contribution in [2.45, 2.75) is 13.3 Å². The van der Waals surface area contributed by atoms with Crippen LogP contribution in [0.5, 0.6) is 0 Å². The van der Waals surface area contributed by atoms with E-state index < -0.39 is 0 Å². The summed E-state index contributed by atoms with van der Waals surface area (Å²) in [5.41, 5.74) is 4.62. The summed E-state index contributed by atoms with van der Waals surface area (Å²) in [4.78, 5) is 24.2. The van der Waals surface area contributed by atoms with Gasteiger partial charge in [0.1, 0.15) is 5.01 Å². The van der Waals surface area contributed by atoms with Crippen LogP contribution in [0, 0.1) is 6.92 Å². The van der Waals surface area contributed by atoms with Crippen LogP contribution in [0.4, 0.5) is 5.13 Å². The van der Waals surface area contributed by atoms with Crippen LogP contribution in [0.1, 0.15) is 26.5 Å². The van der Waals surface area contributed by atoms with E-state index in [2.05, 4.69) is 26.0 Å². The number of rotatable bonds is 6. The quantitative estimate of drug-likeness (QED) is 0.477. The second-order valence-electron chi connectivity index (χ2n) is 5.82. The largest absolute Gasteiger partial charge is 0.296 e. The van der Waals surface area contributed by atoms with Crippen molar-refractivity contribution in [2.75, 3.05) is 5.32 Å². The third-order valence-electron chi connectivity index (χ3n) is 3.58. The van der Waals surface area contributed by atoms with Gasteiger partial charge in [0.05, 0.1) is 12.6 Å². The molecule has 2 amide bonds. The van der Waals surface area contributed by atoms with Gasteiger partial charge in [0.25, 0.3) is 5.91 Å². The average molecular weight is 414 g/mol. The van der Waals surface area contributed by atoms with Crippen molar-refractivity contribution in [3.63, 3.8) is 0 Å². The highest BCUT2D eigenvalue weighted by Crippen LogP contribution is 2.17. The number of anilines is 1. The van der Waals surface area contributed by atoms with E-state index >= 15 is 0 Å². The Morgan fingerprint density at radius 1 is 1.18 bits per heavy atom. The first-order valence-corrected chi connectivity index (χ1v) is 9.47. The van der Waals surface area contributed by atoms with Gasteiger partial charge in [-0.15, -0.1) is 10.2 Å². The van der Waals surface area contributed by atoms with Crippen LogP contribution < -0.4 is 10.7 Å². The number of halogens is 1. The zero-order valence-corrected chi connectivity index (χ0v) is 16.4. The molecule has 142 valence electrons. The van der Waals surface area contributed by atoms with E-state index in [1.807, 2.05) is 31.2 Å². The summed E-state index contributed by atoms with van der Waals surface area (Å²) in [5.74, 6) is -0.629. The van der Waals surface area contributed by atoms with E-state index in [9.17, 15) is 9.59 Å². The number of hydrogen-bond donors (Lipinski definition) is 2. The Labute approximate surface area is 170 Å². The number of nitrogens with one attached hydrogen (secondary N) is 2. The maximum atomic E-state index is 12.2. The van der Waals surface area contributed by atoms with Gasteiger partial charge in [-0.2, -0.15) is 5.10 Å². The van der Waals surface area contributed by atoms with Crippen molar-refractivity contribution in [1.82, 2.24) is 15.6 Å². The number of carbonyl (C=O) groups excluding carboxylic acids is 2. The van der Waals surface area contributed by atoms with Gasteiger partial charge in [-0.3, -0.25) is 14.9 Å². The van der Waals surface area contributed by atoms with Crippen LogP contribution in [0.25, 0.3) is 0 Å². The maximum absolute atomic E-state index is 12.2. The first-order valence-electron chi connectivity index (χ1n) is 8.28. The summed E-state index contributed by atoms with van der Waals surface area (Å²) in [6.07, 6.45) is 1.46. The van der Waals surface area contributed by atoms with Gasteiger partial charge < -0.3 is 0 Å². The fraction of sp³-hybridized carbons (Fsp3) is 0.105. The molecule has 0 aliphatic carbocycles. The Morgan fingerprint density at radius 2 is 2.00 bits per heavy atom. The number of benzene rings is 2. The van der Waals surface area contributed by atoms with Gasteiger partial charge in [-0.05, 0) is 25.1 Å². The number of aryl methyl sites for hydroxylation is 1. The number of amides is 2. The zero-order valence-electron chi connectivity index (χ0n) is 14.8. The number of hydrogen-bond acceptors (Lipinski definition) is 6. The highest BCUT2D eigenvalue weighted by molar-refractivity contribution is 7.15. The Kier molecular flexibility index (Phi) is 6.46. The summed E-state index contributed by atoms with van der Waals surface area (Å²) in [7, 11) is 0. The lowest BCUT2D eigenvalue weighted by Gasteiger charge is -2.01. The summed E-state index contributed by atoms with van der Waals surface area (Å²) in [6, 6.07) is 14.4. The van der Waals surface area contributed by atoms with Crippen molar-refractivity contribution in [2.24, 2.45) is 5.10 Å². The molecule has 1 aromatic heterocycles. The minimum absolute atomic E-state index is 0.00214. The van der Waals surface area contributed by atoms with Crippen LogP contribution in [-0.4, -0.2) is 28.2 Å². The van der Waals surface area contributed by atoms with E-state index in [1.165, 1.54) is 6.21 Å². The molecule has 1 heterocycles. The molecule has 28 heavy (non-hydrogen) atoms. The summed E-state index contributed by atoms with van der Waals surface area (Å²) in [5, 5.41) is 15.7. The topological polar surface area (TPSA) is 96.3 Å². The average Bonchev–Trinajstić information content (AvgIpc) is 3.10. The molecule has 0 aliphatic rings. The normalized spacial score (nSPS) is 10.8. The molecule has 0 unspecified atom stereocenters. The molecule has 0 fully saturated rings. The van der Waals surface area contributed by atoms with Gasteiger partial charge >= 0.3 is 0 Å². The van der Waals surface area contributed by atoms with Crippen LogP contribution >= 0.6 is 22.9 Å². The molecule has 9 heteroatoms. The second-order valence-corrected chi connectivity index (χ2v) is 7.29. The summed E-state index contributed by atoms with van der Waals surface area (Å²) < 4.78 is 0. The highest BCUT2D eigenvalue weighted by atomic mass is 35.5. The third-order valence-corrected chi connectivity index (χ3v) is 4.76. The van der Waals surface area contributed by atoms with Gasteiger partial charge in [-0.1, -0.05) is 58.8 Å². The van der Waals surface area contributed by atoms with Crippen molar-refractivity contribution in [1.29, 1.82) is 0 Å². The predicted octanol–water partition coefficient (Wildman–Crippen LogP) is 3.45. The number of carbonyl (C=O) groups is 2. The van der Waals surface area contributed by atoms with Crippen LogP contribution in [0.2, 0.25) is 5.02 Å². The lowest BCUT2D eigenvalue weighted by molar-refractivity contribution is -0.120. The second kappa shape index (κ2) is 9.20. The van der Waals surface area contributed by atoms with Crippen molar-refractivity contribution < 1.29 is 9.59 Å².